The van der Waals surface area contributed by atoms with Crippen LogP contribution in [0.1, 0.15) is 45.9 Å². The van der Waals surface area contributed by atoms with Gasteiger partial charge in [-0.05, 0) is 37.1 Å². The zero-order valence-electron chi connectivity index (χ0n) is 12.1. The number of hydrogen-bond donors (Lipinski definition) is 1. The molecule has 1 aliphatic rings. The molecule has 1 heterocycles. The molecule has 0 saturated carbocycles. The normalized spacial score (nSPS) is 16.6. The number of hydrogen-bond acceptors (Lipinski definition) is 7. The third-order valence-corrected chi connectivity index (χ3v) is 5.15. The van der Waals surface area contributed by atoms with Gasteiger partial charge in [0.15, 0.2) is 5.78 Å². The fourth-order valence-electron chi connectivity index (χ4n) is 2.30. The molecule has 1 atom stereocenters. The number of nitrogens with zero attached hydrogens (tertiary/aromatic N) is 1. The topological polar surface area (TPSA) is 96.3 Å². The number of thiophene rings is 1. The number of esters is 1. The van der Waals surface area contributed by atoms with Crippen molar-refractivity contribution in [3.05, 3.63) is 16.0 Å². The van der Waals surface area contributed by atoms with Crippen LogP contribution in [0.2, 0.25) is 0 Å². The lowest BCUT2D eigenvalue weighted by molar-refractivity contribution is -0.114. The second kappa shape index (κ2) is 6.94. The van der Waals surface area contributed by atoms with Crippen molar-refractivity contribution >= 4 is 45.8 Å². The van der Waals surface area contributed by atoms with Crippen molar-refractivity contribution < 1.29 is 19.1 Å². The van der Waals surface area contributed by atoms with Gasteiger partial charge < -0.3 is 10.1 Å². The number of fused-ring (bicyclic) bond motifs is 1. The maximum atomic E-state index is 12.4. The van der Waals surface area contributed by atoms with E-state index in [1.165, 1.54) is 6.92 Å². The molecule has 6 nitrogen and oxygen atoms in total. The Bertz CT molecular complexity index is 675. The second-order valence-corrected chi connectivity index (χ2v) is 6.62. The summed E-state index contributed by atoms with van der Waals surface area (Å²) in [7, 11) is 0. The van der Waals surface area contributed by atoms with Crippen molar-refractivity contribution in [3.63, 3.8) is 0 Å². The summed E-state index contributed by atoms with van der Waals surface area (Å²) in [6.07, 6.45) is 0.997. The van der Waals surface area contributed by atoms with Crippen molar-refractivity contribution in [1.29, 1.82) is 5.26 Å². The summed E-state index contributed by atoms with van der Waals surface area (Å²) in [5.74, 6) is -1.03. The lowest BCUT2D eigenvalue weighted by Crippen LogP contribution is -2.24. The van der Waals surface area contributed by atoms with Crippen LogP contribution in [-0.4, -0.2) is 29.5 Å². The van der Waals surface area contributed by atoms with Crippen molar-refractivity contribution in [2.24, 2.45) is 0 Å². The van der Waals surface area contributed by atoms with Crippen LogP contribution in [0.5, 0.6) is 0 Å². The van der Waals surface area contributed by atoms with Gasteiger partial charge in [-0.1, -0.05) is 0 Å². The van der Waals surface area contributed by atoms with E-state index < -0.39 is 11.2 Å². The van der Waals surface area contributed by atoms with Crippen LogP contribution in [0, 0.1) is 10.7 Å². The Labute approximate surface area is 135 Å². The van der Waals surface area contributed by atoms with Gasteiger partial charge in [0.05, 0.1) is 22.3 Å². The molecule has 1 N–H and O–H groups in total. The molecule has 0 radical (unpaired) electrons. The first-order valence-electron chi connectivity index (χ1n) is 6.68. The van der Waals surface area contributed by atoms with E-state index in [9.17, 15) is 14.4 Å². The van der Waals surface area contributed by atoms with Crippen LogP contribution in [0.15, 0.2) is 0 Å². The summed E-state index contributed by atoms with van der Waals surface area (Å²) in [6.45, 7) is 3.24. The Balaban J connectivity index is 2.47. The van der Waals surface area contributed by atoms with Crippen LogP contribution >= 0.6 is 23.1 Å². The minimum atomic E-state index is -0.539. The quantitative estimate of drug-likeness (QED) is 0.669. The number of ether oxygens (including phenoxy) is 1. The van der Waals surface area contributed by atoms with Gasteiger partial charge in [0, 0.05) is 6.92 Å². The lowest BCUT2D eigenvalue weighted by atomic mass is 9.94. The van der Waals surface area contributed by atoms with Crippen LogP contribution in [0.3, 0.4) is 0 Å². The van der Waals surface area contributed by atoms with E-state index in [1.807, 2.05) is 5.40 Å². The van der Waals surface area contributed by atoms with E-state index in [1.54, 1.807) is 6.92 Å². The highest BCUT2D eigenvalue weighted by atomic mass is 32.2. The molecule has 1 amide bonds. The number of rotatable bonds is 4. The van der Waals surface area contributed by atoms with Crippen molar-refractivity contribution in [1.82, 2.24) is 0 Å². The van der Waals surface area contributed by atoms with E-state index in [-0.39, 0.29) is 23.9 Å². The highest BCUT2D eigenvalue weighted by Crippen LogP contribution is 2.40. The third-order valence-electron chi connectivity index (χ3n) is 3.14. The van der Waals surface area contributed by atoms with Crippen LogP contribution in [0.25, 0.3) is 0 Å². The molecule has 0 bridgehead atoms. The predicted molar refractivity (Wildman–Crippen MR) is 84.2 cm³/mol. The van der Waals surface area contributed by atoms with Crippen molar-refractivity contribution in [3.8, 4) is 5.40 Å². The standard InChI is InChI=1S/C14H14N2O4S2/c1-3-20-14(19)10-8-4-5-9(21-6-15)11(18)12(8)22-13(10)16-7(2)17/h9H,3-5H2,1-2H3,(H,16,17)/t9-/m0/s1. The Hall–Kier alpha value is -1.85. The Morgan fingerprint density at radius 1 is 1.55 bits per heavy atom. The molecule has 0 unspecified atom stereocenters. The SMILES string of the molecule is CCOC(=O)c1c(NC(C)=O)sc2c1CC[C@H](SC#N)C2=O. The molecule has 22 heavy (non-hydrogen) atoms. The summed E-state index contributed by atoms with van der Waals surface area (Å²) in [6, 6.07) is 0. The molecule has 0 saturated heterocycles. The average molecular weight is 338 g/mol. The number of nitriles is 1. The number of carbonyl (C=O) groups is 3. The number of anilines is 1. The zero-order valence-corrected chi connectivity index (χ0v) is 13.7. The maximum Gasteiger partial charge on any atom is 0.341 e. The Morgan fingerprint density at radius 3 is 2.86 bits per heavy atom. The van der Waals surface area contributed by atoms with Gasteiger partial charge in [-0.2, -0.15) is 5.26 Å². The third kappa shape index (κ3) is 3.15. The number of amides is 1. The molecule has 0 fully saturated rings. The van der Waals surface area contributed by atoms with Crippen molar-refractivity contribution in [2.45, 2.75) is 31.9 Å². The van der Waals surface area contributed by atoms with Gasteiger partial charge in [0.25, 0.3) is 0 Å². The van der Waals surface area contributed by atoms with E-state index in [2.05, 4.69) is 5.32 Å². The minimum Gasteiger partial charge on any atom is -0.462 e. The molecule has 1 aliphatic carbocycles. The zero-order chi connectivity index (χ0) is 16.3. The predicted octanol–water partition coefficient (Wildman–Crippen LogP) is 2.59. The molecule has 1 aromatic heterocycles. The second-order valence-electron chi connectivity index (χ2n) is 4.62. The largest absolute Gasteiger partial charge is 0.462 e. The molecule has 1 aromatic rings. The molecule has 0 aliphatic heterocycles. The van der Waals surface area contributed by atoms with Gasteiger partial charge in [-0.25, -0.2) is 4.79 Å². The van der Waals surface area contributed by atoms with Gasteiger partial charge in [0.1, 0.15) is 10.4 Å². The molecule has 0 aromatic carbocycles. The minimum absolute atomic E-state index is 0.167. The molecule has 116 valence electrons. The first kappa shape index (κ1) is 16.5. The van der Waals surface area contributed by atoms with E-state index in [0.717, 1.165) is 23.1 Å². The highest BCUT2D eigenvalue weighted by molar-refractivity contribution is 8.05. The molecular formula is C14H14N2O4S2. The lowest BCUT2D eigenvalue weighted by Gasteiger charge is -2.18. The van der Waals surface area contributed by atoms with Crippen LogP contribution in [-0.2, 0) is 16.0 Å². The monoisotopic (exact) mass is 338 g/mol. The van der Waals surface area contributed by atoms with Crippen molar-refractivity contribution in [2.75, 3.05) is 11.9 Å². The summed E-state index contributed by atoms with van der Waals surface area (Å²) >= 11 is 2.01. The number of nitrogens with one attached hydrogen (secondary N) is 1. The number of thiocyanates is 1. The number of ketones is 1. The summed E-state index contributed by atoms with van der Waals surface area (Å²) in [5.41, 5.74) is 0.887. The highest BCUT2D eigenvalue weighted by Gasteiger charge is 2.35. The van der Waals surface area contributed by atoms with Gasteiger partial charge in [0.2, 0.25) is 5.91 Å². The fraction of sp³-hybridized carbons (Fsp3) is 0.429. The van der Waals surface area contributed by atoms with Gasteiger partial charge >= 0.3 is 5.97 Å². The molecule has 2 rings (SSSR count). The van der Waals surface area contributed by atoms with E-state index in [4.69, 9.17) is 10.00 Å². The van der Waals surface area contributed by atoms with Crippen LogP contribution in [0.4, 0.5) is 5.00 Å². The van der Waals surface area contributed by atoms with Gasteiger partial charge in [-0.15, -0.1) is 11.3 Å². The average Bonchev–Trinajstić information content (AvgIpc) is 2.80. The van der Waals surface area contributed by atoms with Gasteiger partial charge in [-0.3, -0.25) is 9.59 Å². The Morgan fingerprint density at radius 2 is 2.27 bits per heavy atom. The fourth-order valence-corrected chi connectivity index (χ4v) is 4.24. The number of Topliss-reactive ketones (excluding diaryl/α,β-unsaturated/α-hetero) is 1. The Kier molecular flexibility index (Phi) is 5.21. The summed E-state index contributed by atoms with van der Waals surface area (Å²) < 4.78 is 5.03. The number of thioether (sulfide) groups is 1. The summed E-state index contributed by atoms with van der Waals surface area (Å²) in [4.78, 5) is 36.3. The molecule has 0 spiro atoms. The van der Waals surface area contributed by atoms with E-state index in [0.29, 0.717) is 28.3 Å². The first-order valence-corrected chi connectivity index (χ1v) is 8.38. The maximum absolute atomic E-state index is 12.4. The van der Waals surface area contributed by atoms with E-state index >= 15 is 0 Å². The van der Waals surface area contributed by atoms with Crippen LogP contribution < -0.4 is 5.32 Å². The smallest absolute Gasteiger partial charge is 0.341 e. The number of carbonyl (C=O) groups excluding carboxylic acids is 3. The summed E-state index contributed by atoms with van der Waals surface area (Å²) in [5, 5.41) is 13.2. The molecule has 8 heteroatoms. The first-order chi connectivity index (χ1) is 10.5. The molecular weight excluding hydrogens is 324 g/mol.